The van der Waals surface area contributed by atoms with Crippen LogP contribution in [-0.4, -0.2) is 24.7 Å². The molecule has 2 aromatic rings. The molecule has 1 heterocycles. The molecule has 1 N–H and O–H groups in total. The van der Waals surface area contributed by atoms with Gasteiger partial charge in [-0.2, -0.15) is 0 Å². The monoisotopic (exact) mass is 309 g/mol. The Balaban J connectivity index is 1.56. The van der Waals surface area contributed by atoms with Crippen molar-refractivity contribution in [3.05, 3.63) is 66.2 Å². The van der Waals surface area contributed by atoms with Gasteiger partial charge in [-0.25, -0.2) is 0 Å². The molecule has 0 aliphatic carbocycles. The number of para-hydroxylation sites is 2. The molecule has 3 rings (SSSR count). The van der Waals surface area contributed by atoms with Gasteiger partial charge in [0, 0.05) is 6.08 Å². The lowest BCUT2D eigenvalue weighted by atomic mass is 10.1. The van der Waals surface area contributed by atoms with E-state index in [1.165, 1.54) is 6.08 Å². The van der Waals surface area contributed by atoms with Gasteiger partial charge < -0.3 is 14.8 Å². The molecule has 23 heavy (non-hydrogen) atoms. The summed E-state index contributed by atoms with van der Waals surface area (Å²) in [7, 11) is 0. The van der Waals surface area contributed by atoms with E-state index in [1.54, 1.807) is 6.08 Å². The number of amides is 1. The van der Waals surface area contributed by atoms with Crippen LogP contribution in [0.25, 0.3) is 6.08 Å². The largest absolute Gasteiger partial charge is 0.486 e. The summed E-state index contributed by atoms with van der Waals surface area (Å²) in [5.41, 5.74) is 0.987. The molecule has 118 valence electrons. The van der Waals surface area contributed by atoms with Crippen LogP contribution in [0.3, 0.4) is 0 Å². The van der Waals surface area contributed by atoms with Crippen molar-refractivity contribution >= 4 is 12.0 Å². The minimum atomic E-state index is -0.209. The molecule has 1 aliphatic rings. The minimum Gasteiger partial charge on any atom is -0.486 e. The zero-order valence-electron chi connectivity index (χ0n) is 12.9. The van der Waals surface area contributed by atoms with Crippen molar-refractivity contribution in [1.29, 1.82) is 0 Å². The van der Waals surface area contributed by atoms with E-state index in [1.807, 2.05) is 61.5 Å². The maximum Gasteiger partial charge on any atom is 0.244 e. The number of benzene rings is 2. The van der Waals surface area contributed by atoms with Crippen molar-refractivity contribution in [2.24, 2.45) is 0 Å². The van der Waals surface area contributed by atoms with Gasteiger partial charge in [0.1, 0.15) is 6.61 Å². The van der Waals surface area contributed by atoms with Crippen molar-refractivity contribution < 1.29 is 14.3 Å². The normalized spacial score (nSPS) is 17.7. The molecule has 0 saturated carbocycles. The van der Waals surface area contributed by atoms with Gasteiger partial charge in [0.25, 0.3) is 0 Å². The molecule has 1 amide bonds. The molecule has 4 heteroatoms. The second-order valence-electron chi connectivity index (χ2n) is 5.46. The number of ether oxygens (including phenoxy) is 2. The highest BCUT2D eigenvalue weighted by Crippen LogP contribution is 2.31. The van der Waals surface area contributed by atoms with Crippen LogP contribution in [0, 0.1) is 0 Å². The molecule has 0 spiro atoms. The first kappa shape index (κ1) is 15.2. The molecule has 0 bridgehead atoms. The van der Waals surface area contributed by atoms with Gasteiger partial charge >= 0.3 is 0 Å². The van der Waals surface area contributed by atoms with Crippen molar-refractivity contribution in [2.45, 2.75) is 19.1 Å². The first-order valence-corrected chi connectivity index (χ1v) is 7.64. The van der Waals surface area contributed by atoms with Crippen molar-refractivity contribution in [1.82, 2.24) is 5.32 Å². The van der Waals surface area contributed by atoms with Gasteiger partial charge in [-0.1, -0.05) is 42.5 Å². The lowest BCUT2D eigenvalue weighted by Gasteiger charge is -2.30. The SMILES string of the molecule is C[C@H](NC(=O)/C=C/c1ccccc1)[C@@H]1COc2ccccc2O1. The van der Waals surface area contributed by atoms with E-state index in [0.29, 0.717) is 12.4 Å². The summed E-state index contributed by atoms with van der Waals surface area (Å²) in [5, 5.41) is 2.92. The van der Waals surface area contributed by atoms with Gasteiger partial charge in [0.15, 0.2) is 17.6 Å². The van der Waals surface area contributed by atoms with Crippen molar-refractivity contribution in [2.75, 3.05) is 6.61 Å². The Morgan fingerprint density at radius 3 is 2.61 bits per heavy atom. The van der Waals surface area contributed by atoms with E-state index < -0.39 is 0 Å². The van der Waals surface area contributed by atoms with Gasteiger partial charge in [-0.05, 0) is 30.7 Å². The van der Waals surface area contributed by atoms with Crippen molar-refractivity contribution in [3.63, 3.8) is 0 Å². The van der Waals surface area contributed by atoms with E-state index in [2.05, 4.69) is 5.32 Å². The summed E-state index contributed by atoms with van der Waals surface area (Å²) in [5.74, 6) is 1.31. The Bertz CT molecular complexity index is 697. The predicted octanol–water partition coefficient (Wildman–Crippen LogP) is 3.04. The Hall–Kier alpha value is -2.75. The quantitative estimate of drug-likeness (QED) is 0.883. The second-order valence-corrected chi connectivity index (χ2v) is 5.46. The first-order valence-electron chi connectivity index (χ1n) is 7.64. The molecule has 0 saturated heterocycles. The third kappa shape index (κ3) is 3.92. The molecule has 0 radical (unpaired) electrons. The molecular formula is C19H19NO3. The van der Waals surface area contributed by atoms with Crippen LogP contribution < -0.4 is 14.8 Å². The predicted molar refractivity (Wildman–Crippen MR) is 89.4 cm³/mol. The molecule has 0 aromatic heterocycles. The molecule has 2 atom stereocenters. The summed E-state index contributed by atoms with van der Waals surface area (Å²) in [6.45, 7) is 2.33. The number of fused-ring (bicyclic) bond motifs is 1. The minimum absolute atomic E-state index is 0.149. The number of rotatable bonds is 4. The third-order valence-corrected chi connectivity index (χ3v) is 3.68. The zero-order chi connectivity index (χ0) is 16.1. The summed E-state index contributed by atoms with van der Waals surface area (Å²) >= 11 is 0. The summed E-state index contributed by atoms with van der Waals surface area (Å²) in [6.07, 6.45) is 3.11. The fourth-order valence-corrected chi connectivity index (χ4v) is 2.38. The highest BCUT2D eigenvalue weighted by molar-refractivity contribution is 5.91. The summed E-state index contributed by atoms with van der Waals surface area (Å²) < 4.78 is 11.6. The lowest BCUT2D eigenvalue weighted by Crippen LogP contribution is -2.47. The second kappa shape index (κ2) is 7.01. The number of nitrogens with one attached hydrogen (secondary N) is 1. The zero-order valence-corrected chi connectivity index (χ0v) is 12.9. The third-order valence-electron chi connectivity index (χ3n) is 3.68. The van der Waals surface area contributed by atoms with E-state index >= 15 is 0 Å². The van der Waals surface area contributed by atoms with Crippen LogP contribution in [0.1, 0.15) is 12.5 Å². The fourth-order valence-electron chi connectivity index (χ4n) is 2.38. The van der Waals surface area contributed by atoms with Gasteiger partial charge in [-0.15, -0.1) is 0 Å². The fraction of sp³-hybridized carbons (Fsp3) is 0.211. The van der Waals surface area contributed by atoms with E-state index in [4.69, 9.17) is 9.47 Å². The standard InChI is InChI=1S/C19H19NO3/c1-14(18-13-22-16-9-5-6-10-17(16)23-18)20-19(21)12-11-15-7-3-2-4-8-15/h2-12,14,18H,13H2,1H3,(H,20,21)/b12-11+/t14-,18-/m0/s1. The van der Waals surface area contributed by atoms with Gasteiger partial charge in [0.05, 0.1) is 6.04 Å². The topological polar surface area (TPSA) is 47.6 Å². The Kier molecular flexibility index (Phi) is 4.62. The van der Waals surface area contributed by atoms with Gasteiger partial charge in [0.2, 0.25) is 5.91 Å². The molecule has 4 nitrogen and oxygen atoms in total. The summed E-state index contributed by atoms with van der Waals surface area (Å²) in [6, 6.07) is 17.1. The Morgan fingerprint density at radius 2 is 1.83 bits per heavy atom. The van der Waals surface area contributed by atoms with Crippen molar-refractivity contribution in [3.8, 4) is 11.5 Å². The number of hydrogen-bond donors (Lipinski definition) is 1. The van der Waals surface area contributed by atoms with Crippen LogP contribution in [0.2, 0.25) is 0 Å². The maximum absolute atomic E-state index is 12.0. The molecule has 1 aliphatic heterocycles. The smallest absolute Gasteiger partial charge is 0.244 e. The molecular weight excluding hydrogens is 290 g/mol. The number of carbonyl (C=O) groups excluding carboxylic acids is 1. The molecule has 0 fully saturated rings. The Morgan fingerprint density at radius 1 is 1.13 bits per heavy atom. The Labute approximate surface area is 135 Å². The van der Waals surface area contributed by atoms with E-state index in [0.717, 1.165) is 11.3 Å². The lowest BCUT2D eigenvalue weighted by molar-refractivity contribution is -0.117. The number of carbonyl (C=O) groups is 1. The van der Waals surface area contributed by atoms with Gasteiger partial charge in [-0.3, -0.25) is 4.79 Å². The summed E-state index contributed by atoms with van der Waals surface area (Å²) in [4.78, 5) is 12.0. The van der Waals surface area contributed by atoms with Crippen LogP contribution in [0.4, 0.5) is 0 Å². The average molecular weight is 309 g/mol. The highest BCUT2D eigenvalue weighted by atomic mass is 16.6. The van der Waals surface area contributed by atoms with E-state index in [9.17, 15) is 4.79 Å². The van der Waals surface area contributed by atoms with Crippen LogP contribution in [0.5, 0.6) is 11.5 Å². The van der Waals surface area contributed by atoms with Crippen LogP contribution in [0.15, 0.2) is 60.7 Å². The number of hydrogen-bond acceptors (Lipinski definition) is 3. The highest BCUT2D eigenvalue weighted by Gasteiger charge is 2.26. The average Bonchev–Trinajstić information content (AvgIpc) is 2.60. The van der Waals surface area contributed by atoms with Crippen LogP contribution >= 0.6 is 0 Å². The maximum atomic E-state index is 12.0. The molecule has 0 unspecified atom stereocenters. The van der Waals surface area contributed by atoms with E-state index in [-0.39, 0.29) is 18.1 Å². The van der Waals surface area contributed by atoms with Crippen LogP contribution in [-0.2, 0) is 4.79 Å². The molecule has 2 aromatic carbocycles. The first-order chi connectivity index (χ1) is 11.2.